The molecule has 0 atom stereocenters. The Labute approximate surface area is 783 Å². The number of fused-ring (bicyclic) bond motifs is 40. The zero-order valence-electron chi connectivity index (χ0n) is 73.6. The summed E-state index contributed by atoms with van der Waals surface area (Å²) >= 11 is 1.87. The van der Waals surface area contributed by atoms with E-state index in [1.54, 1.807) is 0 Å². The molecule has 31 rings (SSSR count). The van der Waals surface area contributed by atoms with Crippen LogP contribution in [0.4, 0.5) is 0 Å². The highest BCUT2D eigenvalue weighted by Gasteiger charge is 2.27. The van der Waals surface area contributed by atoms with Crippen molar-refractivity contribution in [1.82, 2.24) is 18.3 Å². The Balaban J connectivity index is 0.0000000990. The van der Waals surface area contributed by atoms with Crippen LogP contribution in [0.15, 0.2) is 478 Å². The molecule has 0 amide bonds. The predicted octanol–water partition coefficient (Wildman–Crippen LogP) is 36.6. The number of hydrogen-bond acceptors (Lipinski definition) is 2. The van der Waals surface area contributed by atoms with E-state index in [1.165, 1.54) is 254 Å². The summed E-state index contributed by atoms with van der Waals surface area (Å²) in [6.07, 6.45) is 0. The zero-order valence-corrected chi connectivity index (χ0v) is 74.5. The van der Waals surface area contributed by atoms with Gasteiger partial charge < -0.3 is 22.7 Å². The minimum atomic E-state index is 0.920. The van der Waals surface area contributed by atoms with Crippen LogP contribution in [-0.2, 0) is 0 Å². The molecule has 0 aliphatic carbocycles. The number of hydrogen-bond donors (Lipinski definition) is 0. The maximum absolute atomic E-state index is 6.09. The van der Waals surface area contributed by atoms with Gasteiger partial charge in [0, 0.05) is 113 Å². The van der Waals surface area contributed by atoms with Gasteiger partial charge in [0.25, 0.3) is 0 Å². The van der Waals surface area contributed by atoms with Gasteiger partial charge in [-0.25, -0.2) is 0 Å². The van der Waals surface area contributed by atoms with Gasteiger partial charge in [-0.3, -0.25) is 0 Å². The Bertz CT molecular complexity index is 10200. The van der Waals surface area contributed by atoms with E-state index in [9.17, 15) is 0 Å². The van der Waals surface area contributed by atoms with E-state index in [4.69, 9.17) is 4.42 Å². The molecule has 136 heavy (non-hydrogen) atoms. The van der Waals surface area contributed by atoms with Gasteiger partial charge in [-0.1, -0.05) is 358 Å². The number of benzene rings is 25. The van der Waals surface area contributed by atoms with Crippen molar-refractivity contribution in [2.45, 2.75) is 0 Å². The first-order valence-corrected chi connectivity index (χ1v) is 47.6. The molecule has 0 unspecified atom stereocenters. The summed E-state index contributed by atoms with van der Waals surface area (Å²) in [7, 11) is 0. The fraction of sp³-hybridized carbons (Fsp3) is 0. The van der Waals surface area contributed by atoms with Gasteiger partial charge in [0.05, 0.1) is 44.1 Å². The van der Waals surface area contributed by atoms with Gasteiger partial charge >= 0.3 is 0 Å². The van der Waals surface area contributed by atoms with Crippen molar-refractivity contribution in [3.63, 3.8) is 0 Å². The van der Waals surface area contributed by atoms with E-state index in [1.807, 2.05) is 23.5 Å². The molecule has 0 saturated heterocycles. The number of para-hydroxylation sites is 2. The maximum atomic E-state index is 6.09. The molecule has 0 fully saturated rings. The maximum Gasteiger partial charge on any atom is 0.135 e. The normalized spacial score (nSPS) is 12.1. The Morgan fingerprint density at radius 2 is 0.463 bits per heavy atom. The SMILES string of the molecule is c1ccc2c(c1)ccc1c2c2c3ccccc3c3ccccc3c2n1-c1ccc(-c2ccc3oc4ccccc4c3c2)cc1.c1ccc2c(c1)ccc1c2c2c3ccccc3c3ccccc3c2n1-c1ccc(-c2ccc3sc4ccccc4c3c2)cc1.c1ccc2cc(-n3c4ccccc4c4cc(-n5c6ccc7ccccc7c6c6c7ccccc7c7ccccc7c65)ccc43)ccc2c1. The molecule has 0 aliphatic heterocycles. The van der Waals surface area contributed by atoms with Crippen molar-refractivity contribution in [3.8, 4) is 45.0 Å². The number of thiophene rings is 1. The summed E-state index contributed by atoms with van der Waals surface area (Å²) in [5.74, 6) is 0. The predicted molar refractivity (Wildman–Crippen MR) is 583 cm³/mol. The summed E-state index contributed by atoms with van der Waals surface area (Å²) in [4.78, 5) is 0. The highest BCUT2D eigenvalue weighted by molar-refractivity contribution is 7.25. The van der Waals surface area contributed by atoms with Crippen LogP contribution >= 0.6 is 11.3 Å². The zero-order chi connectivity index (χ0) is 88.9. The van der Waals surface area contributed by atoms with Crippen LogP contribution in [-0.4, -0.2) is 18.3 Å². The average Bonchev–Trinajstić information content (AvgIpc) is 1.55. The molecule has 0 spiro atoms. The summed E-state index contributed by atoms with van der Waals surface area (Å²) in [6, 6.07) is 173. The van der Waals surface area contributed by atoms with Crippen molar-refractivity contribution in [3.05, 3.63) is 473 Å². The lowest BCUT2D eigenvalue weighted by Gasteiger charge is -2.13. The molecule has 0 bridgehead atoms. The van der Waals surface area contributed by atoms with E-state index in [0.717, 1.165) is 27.6 Å². The quantitative estimate of drug-likeness (QED) is 0.153. The molecule has 6 heterocycles. The number of furan rings is 1. The lowest BCUT2D eigenvalue weighted by Crippen LogP contribution is -1.96. The van der Waals surface area contributed by atoms with Crippen LogP contribution in [0.1, 0.15) is 0 Å². The molecule has 0 radical (unpaired) electrons. The molecule has 6 aromatic heterocycles. The summed E-state index contributed by atoms with van der Waals surface area (Å²) < 4.78 is 18.7. The van der Waals surface area contributed by atoms with Gasteiger partial charge in [-0.2, -0.15) is 0 Å². The van der Waals surface area contributed by atoms with Crippen LogP contribution in [0.2, 0.25) is 0 Å². The van der Waals surface area contributed by atoms with Crippen molar-refractivity contribution in [2.24, 2.45) is 0 Å². The van der Waals surface area contributed by atoms with Gasteiger partial charge in [0.15, 0.2) is 0 Å². The van der Waals surface area contributed by atoms with E-state index in [2.05, 4.69) is 479 Å². The molecular formula is C130H78N4OS. The molecule has 0 saturated carbocycles. The second-order valence-electron chi connectivity index (χ2n) is 36.3. The Morgan fingerprint density at radius 1 is 0.147 bits per heavy atom. The van der Waals surface area contributed by atoms with Crippen LogP contribution in [0.5, 0.6) is 0 Å². The fourth-order valence-corrected chi connectivity index (χ4v) is 24.3. The van der Waals surface area contributed by atoms with Gasteiger partial charge in [0.1, 0.15) is 11.2 Å². The molecule has 0 N–H and O–H groups in total. The van der Waals surface area contributed by atoms with Gasteiger partial charge in [0.2, 0.25) is 0 Å². The molecule has 0 aliphatic rings. The molecule has 630 valence electrons. The van der Waals surface area contributed by atoms with E-state index < -0.39 is 0 Å². The van der Waals surface area contributed by atoms with E-state index in [-0.39, 0.29) is 0 Å². The van der Waals surface area contributed by atoms with Crippen LogP contribution < -0.4 is 0 Å². The summed E-state index contributed by atoms with van der Waals surface area (Å²) in [5, 5.41) is 40.9. The smallest absolute Gasteiger partial charge is 0.135 e. The molecule has 6 heteroatoms. The van der Waals surface area contributed by atoms with Crippen molar-refractivity contribution in [2.75, 3.05) is 0 Å². The Kier molecular flexibility index (Phi) is 16.7. The highest BCUT2D eigenvalue weighted by Crippen LogP contribution is 2.51. The van der Waals surface area contributed by atoms with Crippen LogP contribution in [0, 0.1) is 0 Å². The first-order chi connectivity index (χ1) is 67.5. The summed E-state index contributed by atoms with van der Waals surface area (Å²) in [6.45, 7) is 0. The number of aromatic nitrogens is 4. The lowest BCUT2D eigenvalue weighted by atomic mass is 9.95. The first kappa shape index (κ1) is 76.1. The standard InChI is InChI=1S/C46H28N2.C42H25NO.C42H25NS/c1-2-13-31-27-32(23-21-29(31)11-1)47-41-20-10-9-17-37(41)40-28-33(24-26-42(40)47)48-43-25-22-30-12-3-4-14-34(30)44(43)45-38-18-7-5-15-35(38)36-16-6-8-19-39(36)46(45)48;2*1-2-10-30-27(9-1)19-23-37-40(30)41-34-14-5-3-11-31(34)32-12-4-6-15-35(32)42(41)43(37)29-21-17-26(18-22-29)28-20-24-39-36(25-28)33-13-7-8-16-38(33)44-39/h1-28H;2*1-25H. The fourth-order valence-electron chi connectivity index (χ4n) is 23.2. The number of nitrogens with zero attached hydrogens (tertiary/aromatic N) is 4. The summed E-state index contributed by atoms with van der Waals surface area (Å²) in [5.41, 5.74) is 21.2. The van der Waals surface area contributed by atoms with Gasteiger partial charge in [-0.05, 0) is 229 Å². The Hall–Kier alpha value is -17.7. The molecule has 5 nitrogen and oxygen atoms in total. The third-order valence-electron chi connectivity index (χ3n) is 29.2. The minimum Gasteiger partial charge on any atom is -0.456 e. The molecular weight excluding hydrogens is 1670 g/mol. The largest absolute Gasteiger partial charge is 0.456 e. The second kappa shape index (κ2) is 29.9. The van der Waals surface area contributed by atoms with Gasteiger partial charge in [-0.15, -0.1) is 11.3 Å². The third kappa shape index (κ3) is 11.4. The van der Waals surface area contributed by atoms with E-state index >= 15 is 0 Å². The minimum absolute atomic E-state index is 0.920. The molecule has 25 aromatic carbocycles. The third-order valence-corrected chi connectivity index (χ3v) is 30.3. The Morgan fingerprint density at radius 3 is 0.963 bits per heavy atom. The topological polar surface area (TPSA) is 32.9 Å². The van der Waals surface area contributed by atoms with Crippen LogP contribution in [0.3, 0.4) is 0 Å². The van der Waals surface area contributed by atoms with E-state index in [0.29, 0.717) is 0 Å². The van der Waals surface area contributed by atoms with Crippen molar-refractivity contribution >= 4 is 248 Å². The number of rotatable bonds is 6. The van der Waals surface area contributed by atoms with Crippen molar-refractivity contribution in [1.29, 1.82) is 0 Å². The second-order valence-corrected chi connectivity index (χ2v) is 37.4. The van der Waals surface area contributed by atoms with Crippen molar-refractivity contribution < 1.29 is 4.42 Å². The first-order valence-electron chi connectivity index (χ1n) is 46.8. The van der Waals surface area contributed by atoms with Crippen LogP contribution in [0.25, 0.3) is 282 Å². The highest BCUT2D eigenvalue weighted by atomic mass is 32.1. The monoisotopic (exact) mass is 1740 g/mol. The average molecular weight is 1740 g/mol. The molecule has 31 aromatic rings. The lowest BCUT2D eigenvalue weighted by molar-refractivity contribution is 0.669.